The molecule has 0 atom stereocenters. The summed E-state index contributed by atoms with van der Waals surface area (Å²) in [7, 11) is 0. The molecular weight excluding hydrogens is 613 g/mol. The van der Waals surface area contributed by atoms with Gasteiger partial charge in [0, 0.05) is 0 Å². The maximum absolute atomic E-state index is 5.18. The van der Waals surface area contributed by atoms with Crippen LogP contribution in [0.15, 0.2) is 152 Å². The summed E-state index contributed by atoms with van der Waals surface area (Å²) in [5.74, 6) is 2.07. The molecule has 0 amide bonds. The third-order valence-electron chi connectivity index (χ3n) is 8.51. The quantitative estimate of drug-likeness (QED) is 0.142. The van der Waals surface area contributed by atoms with Crippen molar-refractivity contribution >= 4 is 55.3 Å². The van der Waals surface area contributed by atoms with Gasteiger partial charge in [-0.05, 0) is 0 Å². The predicted molar refractivity (Wildman–Crippen MR) is 189 cm³/mol. The molecule has 4 heteroatoms. The number of rotatable bonds is 4. The van der Waals surface area contributed by atoms with Crippen LogP contribution in [0.25, 0.3) is 86.1 Å². The number of aromatic nitrogens is 3. The summed E-state index contributed by atoms with van der Waals surface area (Å²) >= 11 is 0.181. The molecule has 0 saturated carbocycles. The summed E-state index contributed by atoms with van der Waals surface area (Å²) in [5, 5.41) is 7.47. The molecule has 0 saturated heterocycles. The predicted octanol–water partition coefficient (Wildman–Crippen LogP) is 10.2. The topological polar surface area (TPSA) is 38.7 Å². The molecule has 0 radical (unpaired) electrons. The number of fused-ring (bicyclic) bond motifs is 6. The summed E-state index contributed by atoms with van der Waals surface area (Å²) in [5.41, 5.74) is 5.46. The van der Waals surface area contributed by atoms with E-state index in [2.05, 4.69) is 133 Å². The van der Waals surface area contributed by atoms with Crippen LogP contribution in [0.3, 0.4) is 0 Å². The first-order chi connectivity index (χ1) is 22.3. The monoisotopic (exact) mass is 639 g/mol. The van der Waals surface area contributed by atoms with Gasteiger partial charge in [0.05, 0.1) is 0 Å². The van der Waals surface area contributed by atoms with Gasteiger partial charge in [0.25, 0.3) is 0 Å². The summed E-state index contributed by atoms with van der Waals surface area (Å²) in [6, 6.07) is 53.7. The average molecular weight is 639 g/mol. The molecule has 3 nitrogen and oxygen atoms in total. The Morgan fingerprint density at radius 1 is 0.356 bits per heavy atom. The van der Waals surface area contributed by atoms with Crippen LogP contribution in [0.1, 0.15) is 0 Å². The van der Waals surface area contributed by atoms with Gasteiger partial charge in [-0.15, -0.1) is 0 Å². The van der Waals surface area contributed by atoms with Gasteiger partial charge in [-0.1, -0.05) is 24.3 Å². The summed E-state index contributed by atoms with van der Waals surface area (Å²) in [6.07, 6.45) is 0. The Morgan fingerprint density at radius 2 is 0.978 bits per heavy atom. The molecule has 0 aliphatic heterocycles. The molecule has 210 valence electrons. The SMILES string of the molecule is c1ccc(-c2nc(-c3ccc4c(c3)cc(-c3ccccc3)c3ccccc34)nc(-c3cccc4c3[se]c3ccccc34)n2)cc1. The van der Waals surface area contributed by atoms with Crippen LogP contribution in [-0.4, -0.2) is 29.5 Å². The van der Waals surface area contributed by atoms with E-state index < -0.39 is 0 Å². The Kier molecular flexibility index (Phi) is 6.15. The second-order valence-electron chi connectivity index (χ2n) is 11.2. The third-order valence-corrected chi connectivity index (χ3v) is 11.1. The summed E-state index contributed by atoms with van der Waals surface area (Å²) in [4.78, 5) is 15.3. The van der Waals surface area contributed by atoms with Crippen molar-refractivity contribution in [2.24, 2.45) is 0 Å². The molecule has 9 rings (SSSR count). The van der Waals surface area contributed by atoms with Crippen molar-refractivity contribution in [3.63, 3.8) is 0 Å². The van der Waals surface area contributed by atoms with Crippen LogP contribution in [0.4, 0.5) is 0 Å². The number of nitrogens with zero attached hydrogens (tertiary/aromatic N) is 3. The van der Waals surface area contributed by atoms with Crippen LogP contribution in [0, 0.1) is 0 Å². The van der Waals surface area contributed by atoms with E-state index in [9.17, 15) is 0 Å². The first-order valence-corrected chi connectivity index (χ1v) is 16.7. The summed E-state index contributed by atoms with van der Waals surface area (Å²) < 4.78 is 2.74. The molecule has 9 aromatic rings. The van der Waals surface area contributed by atoms with Gasteiger partial charge < -0.3 is 0 Å². The number of hydrogen-bond acceptors (Lipinski definition) is 3. The second-order valence-corrected chi connectivity index (χ2v) is 13.4. The zero-order valence-corrected chi connectivity index (χ0v) is 25.9. The molecule has 2 heterocycles. The molecule has 0 N–H and O–H groups in total. The van der Waals surface area contributed by atoms with Crippen LogP contribution < -0.4 is 0 Å². The molecule has 0 fully saturated rings. The Morgan fingerprint density at radius 3 is 1.78 bits per heavy atom. The number of hydrogen-bond donors (Lipinski definition) is 0. The molecule has 0 aliphatic carbocycles. The van der Waals surface area contributed by atoms with Crippen molar-refractivity contribution in [1.29, 1.82) is 0 Å². The maximum atomic E-state index is 5.18. The van der Waals surface area contributed by atoms with Gasteiger partial charge in [0.15, 0.2) is 0 Å². The number of benzene rings is 7. The van der Waals surface area contributed by atoms with Gasteiger partial charge in [-0.2, -0.15) is 0 Å². The van der Waals surface area contributed by atoms with Crippen molar-refractivity contribution in [3.05, 3.63) is 152 Å². The van der Waals surface area contributed by atoms with E-state index >= 15 is 0 Å². The Balaban J connectivity index is 1.28. The average Bonchev–Trinajstić information content (AvgIpc) is 3.50. The van der Waals surface area contributed by atoms with Crippen LogP contribution >= 0.6 is 0 Å². The summed E-state index contributed by atoms with van der Waals surface area (Å²) in [6.45, 7) is 0. The van der Waals surface area contributed by atoms with E-state index in [0.29, 0.717) is 17.5 Å². The van der Waals surface area contributed by atoms with Gasteiger partial charge in [-0.25, -0.2) is 0 Å². The van der Waals surface area contributed by atoms with Crippen LogP contribution in [0.2, 0.25) is 0 Å². The zero-order valence-electron chi connectivity index (χ0n) is 24.2. The fourth-order valence-corrected chi connectivity index (χ4v) is 8.92. The Labute approximate surface area is 266 Å². The molecule has 7 aromatic carbocycles. The molecule has 0 bridgehead atoms. The minimum absolute atomic E-state index is 0.181. The molecule has 0 spiro atoms. The molecule has 0 unspecified atom stereocenters. The van der Waals surface area contributed by atoms with Crippen molar-refractivity contribution in [1.82, 2.24) is 15.0 Å². The van der Waals surface area contributed by atoms with E-state index in [0.717, 1.165) is 22.1 Å². The Hall–Kier alpha value is -5.41. The first kappa shape index (κ1) is 26.0. The van der Waals surface area contributed by atoms with Crippen molar-refractivity contribution in [2.45, 2.75) is 0 Å². The third kappa shape index (κ3) is 4.46. The standard InChI is InChI=1S/C41H25N3Se/c1-3-12-26(13-4-1)36-25-29-24-28(22-23-30(29)31-16-7-8-17-32(31)36)40-42-39(27-14-5-2-6-15-27)43-41(44-40)35-20-11-19-34-33-18-9-10-21-37(33)45-38(34)35/h1-25H. The molecule has 0 aliphatic rings. The van der Waals surface area contributed by atoms with E-state index in [1.54, 1.807) is 0 Å². The van der Waals surface area contributed by atoms with E-state index in [1.165, 1.54) is 46.6 Å². The van der Waals surface area contributed by atoms with E-state index in [4.69, 9.17) is 15.0 Å². The fraction of sp³-hybridized carbons (Fsp3) is 0. The van der Waals surface area contributed by atoms with Crippen molar-refractivity contribution < 1.29 is 0 Å². The first-order valence-electron chi connectivity index (χ1n) is 15.0. The Bertz CT molecular complexity index is 2540. The van der Waals surface area contributed by atoms with Gasteiger partial charge in [0.2, 0.25) is 0 Å². The van der Waals surface area contributed by atoms with Crippen LogP contribution in [0.5, 0.6) is 0 Å². The van der Waals surface area contributed by atoms with Crippen molar-refractivity contribution in [3.8, 4) is 45.3 Å². The van der Waals surface area contributed by atoms with E-state index in [1.807, 2.05) is 18.2 Å². The van der Waals surface area contributed by atoms with E-state index in [-0.39, 0.29) is 14.5 Å². The second kappa shape index (κ2) is 10.6. The van der Waals surface area contributed by atoms with Crippen LogP contribution in [-0.2, 0) is 0 Å². The van der Waals surface area contributed by atoms with Gasteiger partial charge in [0.1, 0.15) is 0 Å². The van der Waals surface area contributed by atoms with Gasteiger partial charge in [-0.3, -0.25) is 0 Å². The molecular formula is C41H25N3Se. The van der Waals surface area contributed by atoms with Crippen molar-refractivity contribution in [2.75, 3.05) is 0 Å². The molecule has 45 heavy (non-hydrogen) atoms. The fourth-order valence-electron chi connectivity index (χ4n) is 6.37. The zero-order chi connectivity index (χ0) is 29.7. The minimum atomic E-state index is 0.181. The van der Waals surface area contributed by atoms with Gasteiger partial charge >= 0.3 is 243 Å². The molecule has 2 aromatic heterocycles. The normalized spacial score (nSPS) is 11.6.